The molecule has 8 nitrogen and oxygen atoms in total. The summed E-state index contributed by atoms with van der Waals surface area (Å²) in [5.74, 6) is 0.201. The third kappa shape index (κ3) is 4.28. The standard InChI is InChI=1S/C24H26N6O2S/c1-5-17-12-13-18(6-2)20(14-17)21(31)15-33-24-25-26-27-29(24)22-16(3)28(4)30(23(22)32)19-10-8-7-9-11-19/h7-14H,5-6,15H2,1-4H3. The first kappa shape index (κ1) is 22.7. The second kappa shape index (κ2) is 9.58. The molecular weight excluding hydrogens is 436 g/mol. The number of rotatable bonds is 8. The van der Waals surface area contributed by atoms with Crippen LogP contribution >= 0.6 is 11.8 Å². The summed E-state index contributed by atoms with van der Waals surface area (Å²) in [4.78, 5) is 26.4. The summed E-state index contributed by atoms with van der Waals surface area (Å²) in [6, 6.07) is 15.5. The SMILES string of the molecule is CCc1ccc(CC)c(C(=O)CSc2nnnn2-c2c(C)n(C)n(-c3ccccc3)c2=O)c1. The average molecular weight is 463 g/mol. The number of tetrazole rings is 1. The van der Waals surface area contributed by atoms with Crippen LogP contribution in [0.2, 0.25) is 0 Å². The van der Waals surface area contributed by atoms with Crippen molar-refractivity contribution in [1.82, 2.24) is 29.6 Å². The number of Topliss-reactive ketones (excluding diaryl/α,β-unsaturated/α-hetero) is 1. The van der Waals surface area contributed by atoms with Crippen molar-refractivity contribution in [2.45, 2.75) is 38.8 Å². The molecule has 2 heterocycles. The van der Waals surface area contributed by atoms with Crippen LogP contribution in [0.3, 0.4) is 0 Å². The van der Waals surface area contributed by atoms with Crippen molar-refractivity contribution in [3.63, 3.8) is 0 Å². The van der Waals surface area contributed by atoms with Crippen molar-refractivity contribution in [2.75, 3.05) is 5.75 Å². The average Bonchev–Trinajstić information content (AvgIpc) is 3.38. The molecule has 0 amide bonds. The number of aromatic nitrogens is 6. The van der Waals surface area contributed by atoms with Gasteiger partial charge < -0.3 is 0 Å². The first-order chi connectivity index (χ1) is 16.0. The molecule has 0 fully saturated rings. The van der Waals surface area contributed by atoms with Gasteiger partial charge in [-0.3, -0.25) is 14.3 Å². The Morgan fingerprint density at radius 2 is 1.82 bits per heavy atom. The van der Waals surface area contributed by atoms with Gasteiger partial charge >= 0.3 is 0 Å². The molecule has 0 bridgehead atoms. The maximum Gasteiger partial charge on any atom is 0.297 e. The number of hydrogen-bond donors (Lipinski definition) is 0. The van der Waals surface area contributed by atoms with E-state index in [1.807, 2.05) is 63.4 Å². The minimum atomic E-state index is -0.231. The number of hydrogen-bond acceptors (Lipinski definition) is 6. The number of benzene rings is 2. The fourth-order valence-electron chi connectivity index (χ4n) is 3.83. The van der Waals surface area contributed by atoms with Gasteiger partial charge in [-0.2, -0.15) is 4.68 Å². The van der Waals surface area contributed by atoms with E-state index in [2.05, 4.69) is 28.5 Å². The third-order valence-corrected chi connectivity index (χ3v) is 6.69. The largest absolute Gasteiger partial charge is 0.297 e. The predicted octanol–water partition coefficient (Wildman–Crippen LogP) is 3.56. The van der Waals surface area contributed by atoms with Gasteiger partial charge in [0.15, 0.2) is 11.5 Å². The molecule has 2 aromatic heterocycles. The van der Waals surface area contributed by atoms with Crippen LogP contribution in [0, 0.1) is 6.92 Å². The maximum atomic E-state index is 13.3. The molecule has 0 atom stereocenters. The van der Waals surface area contributed by atoms with Crippen molar-refractivity contribution >= 4 is 17.5 Å². The van der Waals surface area contributed by atoms with Gasteiger partial charge in [-0.05, 0) is 59.5 Å². The van der Waals surface area contributed by atoms with Crippen LogP contribution in [0.25, 0.3) is 11.4 Å². The fraction of sp³-hybridized carbons (Fsp3) is 0.292. The highest BCUT2D eigenvalue weighted by Gasteiger charge is 2.23. The number of thioether (sulfide) groups is 1. The van der Waals surface area contributed by atoms with E-state index in [9.17, 15) is 9.59 Å². The highest BCUT2D eigenvalue weighted by molar-refractivity contribution is 7.99. The monoisotopic (exact) mass is 462 g/mol. The molecule has 4 aromatic rings. The summed E-state index contributed by atoms with van der Waals surface area (Å²) in [5, 5.41) is 12.3. The van der Waals surface area contributed by atoms with Crippen LogP contribution in [0.1, 0.15) is 41.0 Å². The van der Waals surface area contributed by atoms with Crippen molar-refractivity contribution < 1.29 is 4.79 Å². The second-order valence-electron chi connectivity index (χ2n) is 7.69. The van der Waals surface area contributed by atoms with E-state index in [-0.39, 0.29) is 17.1 Å². The minimum Gasteiger partial charge on any atom is -0.293 e. The Morgan fingerprint density at radius 3 is 2.52 bits per heavy atom. The second-order valence-corrected chi connectivity index (χ2v) is 8.64. The van der Waals surface area contributed by atoms with E-state index in [0.29, 0.717) is 16.5 Å². The van der Waals surface area contributed by atoms with Crippen LogP contribution in [0.4, 0.5) is 0 Å². The molecule has 4 rings (SSSR count). The van der Waals surface area contributed by atoms with Crippen LogP contribution in [0.15, 0.2) is 58.5 Å². The molecule has 0 N–H and O–H groups in total. The molecule has 0 aliphatic heterocycles. The van der Waals surface area contributed by atoms with Gasteiger partial charge in [0.1, 0.15) is 0 Å². The van der Waals surface area contributed by atoms with E-state index in [1.54, 1.807) is 9.36 Å². The zero-order chi connectivity index (χ0) is 23.5. The van der Waals surface area contributed by atoms with Crippen LogP contribution < -0.4 is 5.56 Å². The first-order valence-electron chi connectivity index (χ1n) is 10.9. The van der Waals surface area contributed by atoms with Crippen molar-refractivity contribution in [3.8, 4) is 11.4 Å². The smallest absolute Gasteiger partial charge is 0.293 e. The Labute approximate surface area is 196 Å². The van der Waals surface area contributed by atoms with E-state index >= 15 is 0 Å². The highest BCUT2D eigenvalue weighted by Crippen LogP contribution is 2.22. The lowest BCUT2D eigenvalue weighted by Crippen LogP contribution is -2.22. The fourth-order valence-corrected chi connectivity index (χ4v) is 4.59. The Morgan fingerprint density at radius 1 is 1.06 bits per heavy atom. The summed E-state index contributed by atoms with van der Waals surface area (Å²) in [6.45, 7) is 5.96. The summed E-state index contributed by atoms with van der Waals surface area (Å²) < 4.78 is 4.78. The summed E-state index contributed by atoms with van der Waals surface area (Å²) in [7, 11) is 1.82. The zero-order valence-electron chi connectivity index (χ0n) is 19.1. The number of carbonyl (C=O) groups excluding carboxylic acids is 1. The van der Waals surface area contributed by atoms with Gasteiger partial charge in [0.05, 0.1) is 17.1 Å². The van der Waals surface area contributed by atoms with E-state index in [0.717, 1.165) is 35.2 Å². The van der Waals surface area contributed by atoms with Crippen molar-refractivity contribution in [1.29, 1.82) is 0 Å². The number of carbonyl (C=O) groups is 1. The van der Waals surface area contributed by atoms with Gasteiger partial charge in [0.25, 0.3) is 5.56 Å². The van der Waals surface area contributed by atoms with Crippen LogP contribution in [-0.2, 0) is 19.9 Å². The minimum absolute atomic E-state index is 0.0215. The molecular formula is C24H26N6O2S. The molecule has 9 heteroatoms. The molecule has 0 aliphatic carbocycles. The summed E-state index contributed by atoms with van der Waals surface area (Å²) >= 11 is 1.23. The summed E-state index contributed by atoms with van der Waals surface area (Å²) in [6.07, 6.45) is 1.66. The maximum absolute atomic E-state index is 13.3. The lowest BCUT2D eigenvalue weighted by Gasteiger charge is -2.09. The molecule has 0 unspecified atom stereocenters. The number of para-hydroxylation sites is 1. The normalized spacial score (nSPS) is 11.2. The molecule has 0 saturated carbocycles. The molecule has 2 aromatic carbocycles. The Balaban J connectivity index is 1.64. The Bertz CT molecular complexity index is 1350. The number of aryl methyl sites for hydroxylation is 2. The van der Waals surface area contributed by atoms with Gasteiger partial charge in [-0.1, -0.05) is 55.9 Å². The topological polar surface area (TPSA) is 87.6 Å². The predicted molar refractivity (Wildman–Crippen MR) is 129 cm³/mol. The summed E-state index contributed by atoms with van der Waals surface area (Å²) in [5.41, 5.74) is 4.50. The molecule has 0 aliphatic rings. The molecule has 0 radical (unpaired) electrons. The number of ketones is 1. The van der Waals surface area contributed by atoms with E-state index < -0.39 is 0 Å². The van der Waals surface area contributed by atoms with Gasteiger partial charge in [-0.25, -0.2) is 4.68 Å². The van der Waals surface area contributed by atoms with Gasteiger partial charge in [0, 0.05) is 12.6 Å². The van der Waals surface area contributed by atoms with Crippen LogP contribution in [-0.4, -0.2) is 41.1 Å². The molecule has 0 spiro atoms. The Kier molecular flexibility index (Phi) is 6.60. The number of nitrogens with zero attached hydrogens (tertiary/aromatic N) is 6. The lowest BCUT2D eigenvalue weighted by molar-refractivity contribution is 0.102. The third-order valence-electron chi connectivity index (χ3n) is 5.77. The van der Waals surface area contributed by atoms with E-state index in [4.69, 9.17) is 0 Å². The molecule has 170 valence electrons. The highest BCUT2D eigenvalue weighted by atomic mass is 32.2. The Hall–Kier alpha value is -3.46. The first-order valence-corrected chi connectivity index (χ1v) is 11.8. The zero-order valence-corrected chi connectivity index (χ0v) is 20.0. The molecule has 33 heavy (non-hydrogen) atoms. The quantitative estimate of drug-likeness (QED) is 0.294. The van der Waals surface area contributed by atoms with Crippen molar-refractivity contribution in [2.24, 2.45) is 7.05 Å². The lowest BCUT2D eigenvalue weighted by atomic mass is 9.98. The van der Waals surface area contributed by atoms with Crippen LogP contribution in [0.5, 0.6) is 0 Å². The van der Waals surface area contributed by atoms with Gasteiger partial charge in [0.2, 0.25) is 5.16 Å². The van der Waals surface area contributed by atoms with Gasteiger partial charge in [-0.15, -0.1) is 5.10 Å². The van der Waals surface area contributed by atoms with E-state index in [1.165, 1.54) is 16.4 Å². The molecule has 0 saturated heterocycles. The van der Waals surface area contributed by atoms with Crippen molar-refractivity contribution in [3.05, 3.63) is 81.3 Å².